The maximum atomic E-state index is 11.0. The van der Waals surface area contributed by atoms with Crippen molar-refractivity contribution in [2.75, 3.05) is 0 Å². The molecule has 3 heteroatoms. The highest BCUT2D eigenvalue weighted by molar-refractivity contribution is 5.82. The number of nitrogens with one attached hydrogen (secondary N) is 1. The number of aliphatic hydroxyl groups is 1. The molecule has 0 unspecified atom stereocenters. The molecule has 1 aliphatic carbocycles. The van der Waals surface area contributed by atoms with Crippen molar-refractivity contribution in [2.45, 2.75) is 31.4 Å². The van der Waals surface area contributed by atoms with Crippen molar-refractivity contribution >= 4 is 5.91 Å². The summed E-state index contributed by atoms with van der Waals surface area (Å²) in [5, 5.41) is 12.2. The van der Waals surface area contributed by atoms with Crippen molar-refractivity contribution in [1.82, 2.24) is 5.32 Å². The predicted octanol–water partition coefficient (Wildman–Crippen LogP) is -0.354. The first kappa shape index (κ1) is 6.16. The fourth-order valence-corrected chi connectivity index (χ4v) is 1.88. The van der Waals surface area contributed by atoms with Crippen molar-refractivity contribution in [3.63, 3.8) is 0 Å². The van der Waals surface area contributed by atoms with Crippen molar-refractivity contribution < 1.29 is 9.90 Å². The van der Waals surface area contributed by atoms with E-state index in [9.17, 15) is 9.90 Å². The van der Waals surface area contributed by atoms with Gasteiger partial charge in [-0.3, -0.25) is 4.79 Å². The Hall–Kier alpha value is -0.570. The van der Waals surface area contributed by atoms with Crippen LogP contribution in [0.2, 0.25) is 0 Å². The molecule has 56 valence electrons. The number of carbonyl (C=O) groups excluding carboxylic acids is 1. The number of amides is 1. The predicted molar refractivity (Wildman–Crippen MR) is 35.3 cm³/mol. The van der Waals surface area contributed by atoms with E-state index in [1.165, 1.54) is 0 Å². The fraction of sp³-hybridized carbons (Fsp3) is 0.857. The van der Waals surface area contributed by atoms with Crippen LogP contribution in [0.3, 0.4) is 0 Å². The zero-order valence-electron chi connectivity index (χ0n) is 5.71. The standard InChI is InChI=1S/C7H11NO2/c9-6-2-1-4-3-5(6)7(10)8-4/h4-6,9H,1-3H2,(H,8,10)/t4-,5-,6+/m1/s1. The summed E-state index contributed by atoms with van der Waals surface area (Å²) in [6.45, 7) is 0. The first-order valence-corrected chi connectivity index (χ1v) is 3.76. The molecule has 0 aromatic rings. The number of hydrogen-bond acceptors (Lipinski definition) is 2. The Morgan fingerprint density at radius 2 is 2.30 bits per heavy atom. The SMILES string of the molecule is O=C1N[C@@H]2CC[C@H](O)[C@H]1C2. The van der Waals surface area contributed by atoms with Crippen LogP contribution < -0.4 is 5.32 Å². The normalized spacial score (nSPS) is 45.3. The minimum Gasteiger partial charge on any atom is -0.392 e. The number of carbonyl (C=O) groups is 1. The second-order valence-corrected chi connectivity index (χ2v) is 3.19. The van der Waals surface area contributed by atoms with Crippen LogP contribution in [-0.4, -0.2) is 23.2 Å². The van der Waals surface area contributed by atoms with Gasteiger partial charge in [-0.05, 0) is 19.3 Å². The van der Waals surface area contributed by atoms with Crippen LogP contribution in [-0.2, 0) is 4.79 Å². The van der Waals surface area contributed by atoms with E-state index < -0.39 is 0 Å². The molecule has 3 nitrogen and oxygen atoms in total. The number of aliphatic hydroxyl groups excluding tert-OH is 1. The zero-order valence-corrected chi connectivity index (χ0v) is 5.71. The fourth-order valence-electron chi connectivity index (χ4n) is 1.88. The first-order chi connectivity index (χ1) is 4.77. The molecule has 2 bridgehead atoms. The Morgan fingerprint density at radius 1 is 1.50 bits per heavy atom. The summed E-state index contributed by atoms with van der Waals surface area (Å²) in [5.74, 6) is -0.0475. The summed E-state index contributed by atoms with van der Waals surface area (Å²) < 4.78 is 0. The van der Waals surface area contributed by atoms with Gasteiger partial charge in [-0.15, -0.1) is 0 Å². The number of rotatable bonds is 0. The van der Waals surface area contributed by atoms with Gasteiger partial charge in [-0.2, -0.15) is 0 Å². The quantitative estimate of drug-likeness (QED) is 0.484. The van der Waals surface area contributed by atoms with Gasteiger partial charge in [0.15, 0.2) is 0 Å². The third kappa shape index (κ3) is 0.736. The maximum Gasteiger partial charge on any atom is 0.226 e. The molecular formula is C7H11NO2. The highest BCUT2D eigenvalue weighted by Gasteiger charge is 2.40. The van der Waals surface area contributed by atoms with E-state index >= 15 is 0 Å². The minimum atomic E-state index is -0.376. The summed E-state index contributed by atoms with van der Waals surface area (Å²) >= 11 is 0. The highest BCUT2D eigenvalue weighted by Crippen LogP contribution is 2.29. The molecule has 10 heavy (non-hydrogen) atoms. The molecule has 1 saturated carbocycles. The lowest BCUT2D eigenvalue weighted by Crippen LogP contribution is -2.27. The molecule has 1 aliphatic heterocycles. The Kier molecular flexibility index (Phi) is 1.20. The Labute approximate surface area is 59.4 Å². The molecule has 0 spiro atoms. The lowest BCUT2D eigenvalue weighted by molar-refractivity contribution is -0.125. The van der Waals surface area contributed by atoms with E-state index in [4.69, 9.17) is 0 Å². The van der Waals surface area contributed by atoms with Crippen LogP contribution in [0.4, 0.5) is 0 Å². The number of hydrogen-bond donors (Lipinski definition) is 2. The van der Waals surface area contributed by atoms with Crippen molar-refractivity contribution in [2.24, 2.45) is 5.92 Å². The van der Waals surface area contributed by atoms with E-state index in [-0.39, 0.29) is 17.9 Å². The van der Waals surface area contributed by atoms with Crippen LogP contribution in [0.5, 0.6) is 0 Å². The van der Waals surface area contributed by atoms with E-state index in [0.29, 0.717) is 6.04 Å². The Morgan fingerprint density at radius 3 is 3.00 bits per heavy atom. The summed E-state index contributed by atoms with van der Waals surface area (Å²) in [4.78, 5) is 11.0. The smallest absolute Gasteiger partial charge is 0.226 e. The second kappa shape index (κ2) is 1.95. The van der Waals surface area contributed by atoms with Gasteiger partial charge in [0.25, 0.3) is 0 Å². The third-order valence-electron chi connectivity index (χ3n) is 2.50. The lowest BCUT2D eigenvalue weighted by atomic mass is 9.87. The van der Waals surface area contributed by atoms with E-state index in [1.54, 1.807) is 0 Å². The average Bonchev–Trinajstić information content (AvgIpc) is 2.21. The molecule has 0 aromatic heterocycles. The van der Waals surface area contributed by atoms with E-state index in [1.807, 2.05) is 0 Å². The molecule has 2 rings (SSSR count). The lowest BCUT2D eigenvalue weighted by Gasteiger charge is -2.20. The maximum absolute atomic E-state index is 11.0. The van der Waals surface area contributed by atoms with Gasteiger partial charge < -0.3 is 10.4 Å². The molecule has 2 fully saturated rings. The molecule has 1 saturated heterocycles. The second-order valence-electron chi connectivity index (χ2n) is 3.19. The Bertz CT molecular complexity index is 169. The van der Waals surface area contributed by atoms with Crippen LogP contribution in [0.25, 0.3) is 0 Å². The third-order valence-corrected chi connectivity index (χ3v) is 2.50. The van der Waals surface area contributed by atoms with Gasteiger partial charge in [-0.1, -0.05) is 0 Å². The van der Waals surface area contributed by atoms with Gasteiger partial charge in [0.1, 0.15) is 0 Å². The molecule has 0 aromatic carbocycles. The van der Waals surface area contributed by atoms with Gasteiger partial charge >= 0.3 is 0 Å². The van der Waals surface area contributed by atoms with Crippen molar-refractivity contribution in [3.8, 4) is 0 Å². The minimum absolute atomic E-state index is 0.0509. The molecule has 1 amide bonds. The van der Waals surface area contributed by atoms with Crippen LogP contribution >= 0.6 is 0 Å². The van der Waals surface area contributed by atoms with Crippen LogP contribution in [0.1, 0.15) is 19.3 Å². The summed E-state index contributed by atoms with van der Waals surface area (Å²) in [6.07, 6.45) is 2.20. The molecule has 3 atom stereocenters. The molecule has 2 aliphatic rings. The molecule has 1 heterocycles. The largest absolute Gasteiger partial charge is 0.392 e. The first-order valence-electron chi connectivity index (χ1n) is 3.76. The van der Waals surface area contributed by atoms with Crippen LogP contribution in [0, 0.1) is 5.92 Å². The zero-order chi connectivity index (χ0) is 7.14. The van der Waals surface area contributed by atoms with E-state index in [2.05, 4.69) is 5.32 Å². The van der Waals surface area contributed by atoms with Gasteiger partial charge in [-0.25, -0.2) is 0 Å². The highest BCUT2D eigenvalue weighted by atomic mass is 16.3. The number of fused-ring (bicyclic) bond motifs is 2. The van der Waals surface area contributed by atoms with Gasteiger partial charge in [0.05, 0.1) is 12.0 Å². The summed E-state index contributed by atoms with van der Waals surface area (Å²) in [7, 11) is 0. The topological polar surface area (TPSA) is 49.3 Å². The summed E-state index contributed by atoms with van der Waals surface area (Å²) in [6, 6.07) is 0.362. The van der Waals surface area contributed by atoms with Crippen molar-refractivity contribution in [1.29, 1.82) is 0 Å². The molecular weight excluding hydrogens is 130 g/mol. The van der Waals surface area contributed by atoms with Crippen molar-refractivity contribution in [3.05, 3.63) is 0 Å². The molecule has 0 radical (unpaired) electrons. The monoisotopic (exact) mass is 141 g/mol. The van der Waals surface area contributed by atoms with Crippen LogP contribution in [0.15, 0.2) is 0 Å². The van der Waals surface area contributed by atoms with Gasteiger partial charge in [0.2, 0.25) is 5.91 Å². The van der Waals surface area contributed by atoms with E-state index in [0.717, 1.165) is 19.3 Å². The molecule has 2 N–H and O–H groups in total. The summed E-state index contributed by atoms with van der Waals surface area (Å²) in [5.41, 5.74) is 0. The Balaban J connectivity index is 2.17. The van der Waals surface area contributed by atoms with Gasteiger partial charge in [0, 0.05) is 6.04 Å². The average molecular weight is 141 g/mol.